The van der Waals surface area contributed by atoms with E-state index in [2.05, 4.69) is 40.0 Å². The summed E-state index contributed by atoms with van der Waals surface area (Å²) >= 11 is 8.04. The van der Waals surface area contributed by atoms with Gasteiger partial charge in [-0.3, -0.25) is 0 Å². The van der Waals surface area contributed by atoms with Gasteiger partial charge in [0.2, 0.25) is 0 Å². The Hall–Kier alpha value is -0.990. The number of thiophene rings is 1. The van der Waals surface area contributed by atoms with Crippen LogP contribution in [0.1, 0.15) is 25.3 Å². The molecule has 0 unspecified atom stereocenters. The van der Waals surface area contributed by atoms with Gasteiger partial charge in [-0.2, -0.15) is 0 Å². The first-order chi connectivity index (χ1) is 12.3. The molecule has 4 nitrogen and oxygen atoms in total. The summed E-state index contributed by atoms with van der Waals surface area (Å²) in [7, 11) is 0. The first-order valence-corrected chi connectivity index (χ1v) is 10.1. The van der Waals surface area contributed by atoms with Gasteiger partial charge in [-0.1, -0.05) is 29.8 Å². The molecule has 1 saturated heterocycles. The van der Waals surface area contributed by atoms with Crippen molar-refractivity contribution in [2.45, 2.75) is 32.4 Å². The second kappa shape index (κ2) is 11.0. The van der Waals surface area contributed by atoms with Crippen molar-refractivity contribution in [3.8, 4) is 0 Å². The Kier molecular flexibility index (Phi) is 9.01. The van der Waals surface area contributed by atoms with Crippen LogP contribution < -0.4 is 15.5 Å². The maximum absolute atomic E-state index is 6.23. The molecule has 2 heterocycles. The van der Waals surface area contributed by atoms with Crippen molar-refractivity contribution in [3.63, 3.8) is 0 Å². The maximum Gasteiger partial charge on any atom is 0.191 e. The molecule has 7 heteroatoms. The minimum atomic E-state index is 0. The van der Waals surface area contributed by atoms with Crippen molar-refractivity contribution in [2.24, 2.45) is 4.99 Å². The van der Waals surface area contributed by atoms with Crippen molar-refractivity contribution in [2.75, 3.05) is 24.5 Å². The maximum atomic E-state index is 6.23. The molecule has 0 spiro atoms. The third-order valence-electron chi connectivity index (χ3n) is 4.36. The van der Waals surface area contributed by atoms with E-state index in [1.807, 2.05) is 35.6 Å². The van der Waals surface area contributed by atoms with E-state index >= 15 is 0 Å². The monoisotopic (exact) mass is 504 g/mol. The lowest BCUT2D eigenvalue weighted by Crippen LogP contribution is -2.48. The molecule has 0 radical (unpaired) electrons. The zero-order valence-corrected chi connectivity index (χ0v) is 18.9. The minimum Gasteiger partial charge on any atom is -0.363 e. The van der Waals surface area contributed by atoms with Crippen LogP contribution in [-0.2, 0) is 6.54 Å². The van der Waals surface area contributed by atoms with Crippen LogP contribution in [0, 0.1) is 0 Å². The number of guanidine groups is 1. The summed E-state index contributed by atoms with van der Waals surface area (Å²) in [5, 5.41) is 11.2. The molecule has 1 aliphatic rings. The topological polar surface area (TPSA) is 39.7 Å². The van der Waals surface area contributed by atoms with E-state index in [0.717, 1.165) is 49.0 Å². The summed E-state index contributed by atoms with van der Waals surface area (Å²) in [4.78, 5) is 7.17. The Balaban J connectivity index is 0.00000243. The molecule has 0 atom stereocenters. The Bertz CT molecular complexity index is 685. The minimum absolute atomic E-state index is 0. The fraction of sp³-hybridized carbons (Fsp3) is 0.421. The molecule has 1 fully saturated rings. The highest BCUT2D eigenvalue weighted by molar-refractivity contribution is 14.0. The van der Waals surface area contributed by atoms with Crippen LogP contribution in [0.5, 0.6) is 0 Å². The number of piperidine rings is 1. The van der Waals surface area contributed by atoms with Gasteiger partial charge in [0.1, 0.15) is 0 Å². The number of halogens is 2. The molecule has 0 saturated carbocycles. The number of hydrogen-bond acceptors (Lipinski definition) is 3. The first-order valence-electron chi connectivity index (χ1n) is 8.83. The highest BCUT2D eigenvalue weighted by Crippen LogP contribution is 2.24. The molecule has 2 aromatic rings. The molecule has 142 valence electrons. The second-order valence-corrected chi connectivity index (χ2v) is 7.48. The van der Waals surface area contributed by atoms with Crippen LogP contribution in [0.25, 0.3) is 0 Å². The molecule has 1 aromatic carbocycles. The number of nitrogens with one attached hydrogen (secondary N) is 2. The summed E-state index contributed by atoms with van der Waals surface area (Å²) in [5.41, 5.74) is 1.05. The predicted octanol–water partition coefficient (Wildman–Crippen LogP) is 4.74. The van der Waals surface area contributed by atoms with Crippen molar-refractivity contribution in [1.82, 2.24) is 10.6 Å². The van der Waals surface area contributed by atoms with Crippen LogP contribution in [0.4, 0.5) is 5.00 Å². The molecule has 26 heavy (non-hydrogen) atoms. The Morgan fingerprint density at radius 2 is 2.00 bits per heavy atom. The highest BCUT2D eigenvalue weighted by Gasteiger charge is 2.20. The SMILES string of the molecule is CCNC(=NCc1ccccc1Cl)NC1CCN(c2cccs2)CC1.I. The number of aliphatic imine (C=N–C) groups is 1. The quantitative estimate of drug-likeness (QED) is 0.351. The number of anilines is 1. The van der Waals surface area contributed by atoms with E-state index in [0.29, 0.717) is 12.6 Å². The van der Waals surface area contributed by atoms with Crippen LogP contribution in [-0.4, -0.2) is 31.6 Å². The third kappa shape index (κ3) is 6.03. The molecule has 3 rings (SSSR count). The summed E-state index contributed by atoms with van der Waals surface area (Å²) in [6.07, 6.45) is 2.24. The van der Waals surface area contributed by atoms with Crippen molar-refractivity contribution >= 4 is 57.9 Å². The van der Waals surface area contributed by atoms with E-state index in [1.165, 1.54) is 5.00 Å². The van der Waals surface area contributed by atoms with E-state index in [4.69, 9.17) is 16.6 Å². The third-order valence-corrected chi connectivity index (χ3v) is 5.66. The van der Waals surface area contributed by atoms with Gasteiger partial charge < -0.3 is 15.5 Å². The molecule has 2 N–H and O–H groups in total. The van der Waals surface area contributed by atoms with Gasteiger partial charge in [-0.15, -0.1) is 35.3 Å². The highest BCUT2D eigenvalue weighted by atomic mass is 127. The van der Waals surface area contributed by atoms with Crippen LogP contribution in [0.2, 0.25) is 5.02 Å². The van der Waals surface area contributed by atoms with Gasteiger partial charge in [0.15, 0.2) is 5.96 Å². The molecule has 0 amide bonds. The molecule has 0 bridgehead atoms. The van der Waals surface area contributed by atoms with Gasteiger partial charge in [0, 0.05) is 30.7 Å². The van der Waals surface area contributed by atoms with E-state index in [1.54, 1.807) is 0 Å². The standard InChI is InChI=1S/C19H25ClN4S.HI/c1-2-21-19(22-14-15-6-3-4-7-17(15)20)23-16-9-11-24(12-10-16)18-8-5-13-25-18;/h3-8,13,16H,2,9-12,14H2,1H3,(H2,21,22,23);1H. The summed E-state index contributed by atoms with van der Waals surface area (Å²) in [5.74, 6) is 0.872. The van der Waals surface area contributed by atoms with E-state index in [9.17, 15) is 0 Å². The number of benzene rings is 1. The van der Waals surface area contributed by atoms with Crippen LogP contribution in [0.15, 0.2) is 46.8 Å². The van der Waals surface area contributed by atoms with Crippen molar-refractivity contribution in [3.05, 3.63) is 52.4 Å². The zero-order chi connectivity index (χ0) is 17.5. The molecule has 1 aliphatic heterocycles. The Morgan fingerprint density at radius 1 is 1.23 bits per heavy atom. The number of rotatable bonds is 5. The van der Waals surface area contributed by atoms with Gasteiger partial charge in [0.05, 0.1) is 11.5 Å². The zero-order valence-electron chi connectivity index (χ0n) is 15.0. The Labute approximate surface area is 182 Å². The molecular formula is C19H26ClIN4S. The van der Waals surface area contributed by atoms with Crippen molar-refractivity contribution < 1.29 is 0 Å². The van der Waals surface area contributed by atoms with Crippen LogP contribution >= 0.6 is 46.9 Å². The average molecular weight is 505 g/mol. The lowest BCUT2D eigenvalue weighted by Gasteiger charge is -2.33. The molecule has 0 aliphatic carbocycles. The summed E-state index contributed by atoms with van der Waals surface area (Å²) < 4.78 is 0. The summed E-state index contributed by atoms with van der Waals surface area (Å²) in [6, 6.07) is 12.7. The van der Waals surface area contributed by atoms with E-state index in [-0.39, 0.29) is 24.0 Å². The summed E-state index contributed by atoms with van der Waals surface area (Å²) in [6.45, 7) is 5.70. The average Bonchev–Trinajstić information content (AvgIpc) is 3.16. The lowest BCUT2D eigenvalue weighted by atomic mass is 10.1. The lowest BCUT2D eigenvalue weighted by molar-refractivity contribution is 0.463. The smallest absolute Gasteiger partial charge is 0.191 e. The van der Waals surface area contributed by atoms with Crippen LogP contribution in [0.3, 0.4) is 0 Å². The Morgan fingerprint density at radius 3 is 2.65 bits per heavy atom. The van der Waals surface area contributed by atoms with Gasteiger partial charge in [0.25, 0.3) is 0 Å². The van der Waals surface area contributed by atoms with E-state index < -0.39 is 0 Å². The largest absolute Gasteiger partial charge is 0.363 e. The molecular weight excluding hydrogens is 479 g/mol. The number of nitrogens with zero attached hydrogens (tertiary/aromatic N) is 2. The van der Waals surface area contributed by atoms with Gasteiger partial charge in [-0.05, 0) is 48.9 Å². The van der Waals surface area contributed by atoms with Gasteiger partial charge >= 0.3 is 0 Å². The normalized spacial score (nSPS) is 15.5. The predicted molar refractivity (Wildman–Crippen MR) is 124 cm³/mol. The number of hydrogen-bond donors (Lipinski definition) is 2. The van der Waals surface area contributed by atoms with Crippen molar-refractivity contribution in [1.29, 1.82) is 0 Å². The molecule has 1 aromatic heterocycles. The fourth-order valence-electron chi connectivity index (χ4n) is 3.00. The fourth-order valence-corrected chi connectivity index (χ4v) is 3.98. The van der Waals surface area contributed by atoms with Gasteiger partial charge in [-0.25, -0.2) is 4.99 Å². The first kappa shape index (κ1) is 21.3. The second-order valence-electron chi connectivity index (χ2n) is 6.14.